The van der Waals surface area contributed by atoms with Crippen LogP contribution in [0.5, 0.6) is 0 Å². The molecule has 1 aromatic rings. The lowest BCUT2D eigenvalue weighted by molar-refractivity contribution is 0.217. The number of anilines is 1. The van der Waals surface area contributed by atoms with Gasteiger partial charge in [-0.2, -0.15) is 0 Å². The number of aryl methyl sites for hydroxylation is 1. The number of carbonyl (C=O) groups excluding carboxylic acids is 1. The van der Waals surface area contributed by atoms with Crippen LogP contribution in [0.2, 0.25) is 0 Å². The molecule has 0 fully saturated rings. The molecule has 0 radical (unpaired) electrons. The van der Waals surface area contributed by atoms with Crippen molar-refractivity contribution in [2.45, 2.75) is 20.8 Å². The Hall–Kier alpha value is -1.99. The molecular formula is C15H20N2O2. The topological polar surface area (TPSA) is 52.6 Å². The highest BCUT2D eigenvalue weighted by molar-refractivity contribution is 5.89. The van der Waals surface area contributed by atoms with Crippen LogP contribution in [0.3, 0.4) is 0 Å². The highest BCUT2D eigenvalue weighted by Crippen LogP contribution is 2.15. The number of carbonyl (C=O) groups is 1. The minimum absolute atomic E-state index is 0.0985. The van der Waals surface area contributed by atoms with E-state index in [1.165, 1.54) is 0 Å². The summed E-state index contributed by atoms with van der Waals surface area (Å²) in [5.41, 5.74) is 2.58. The molecule has 0 unspecified atom stereocenters. The molecule has 0 bridgehead atoms. The van der Waals surface area contributed by atoms with E-state index in [1.807, 2.05) is 39.0 Å². The molecule has 0 aliphatic carbocycles. The van der Waals surface area contributed by atoms with Gasteiger partial charge in [0.1, 0.15) is 6.61 Å². The van der Waals surface area contributed by atoms with Crippen LogP contribution in [0.4, 0.5) is 10.5 Å². The molecule has 1 rings (SSSR count). The molecule has 0 aliphatic heterocycles. The predicted molar refractivity (Wildman–Crippen MR) is 77.1 cm³/mol. The van der Waals surface area contributed by atoms with Gasteiger partial charge in [0.2, 0.25) is 0 Å². The first kappa shape index (κ1) is 15.1. The van der Waals surface area contributed by atoms with Crippen LogP contribution < -0.4 is 5.32 Å². The number of nitrogens with one attached hydrogen (secondary N) is 1. The van der Waals surface area contributed by atoms with Crippen LogP contribution in [0.15, 0.2) is 18.2 Å². The van der Waals surface area contributed by atoms with Gasteiger partial charge in [0.05, 0.1) is 0 Å². The number of rotatable bonds is 3. The van der Waals surface area contributed by atoms with Crippen molar-refractivity contribution in [1.29, 1.82) is 0 Å². The van der Waals surface area contributed by atoms with Crippen molar-refractivity contribution in [3.8, 4) is 11.8 Å². The fraction of sp³-hybridized carbons (Fsp3) is 0.400. The van der Waals surface area contributed by atoms with Gasteiger partial charge < -0.3 is 15.3 Å². The van der Waals surface area contributed by atoms with E-state index in [0.717, 1.165) is 16.8 Å². The molecule has 4 heteroatoms. The molecule has 0 saturated carbocycles. The fourth-order valence-corrected chi connectivity index (χ4v) is 1.73. The molecule has 0 atom stereocenters. The van der Waals surface area contributed by atoms with Crippen molar-refractivity contribution in [3.63, 3.8) is 0 Å². The molecule has 2 N–H and O–H groups in total. The summed E-state index contributed by atoms with van der Waals surface area (Å²) in [5.74, 6) is 5.48. The Balaban J connectivity index is 2.81. The van der Waals surface area contributed by atoms with Crippen molar-refractivity contribution in [3.05, 3.63) is 29.3 Å². The number of nitrogens with zero attached hydrogens (tertiary/aromatic N) is 1. The largest absolute Gasteiger partial charge is 0.384 e. The molecule has 1 aromatic carbocycles. The third-order valence-corrected chi connectivity index (χ3v) is 2.83. The lowest BCUT2D eigenvalue weighted by Gasteiger charge is -2.19. The van der Waals surface area contributed by atoms with Crippen LogP contribution >= 0.6 is 0 Å². The second-order valence-electron chi connectivity index (χ2n) is 4.09. The van der Waals surface area contributed by atoms with Crippen molar-refractivity contribution in [2.75, 3.05) is 25.0 Å². The summed E-state index contributed by atoms with van der Waals surface area (Å²) < 4.78 is 0. The van der Waals surface area contributed by atoms with Gasteiger partial charge in [0.15, 0.2) is 0 Å². The first-order chi connectivity index (χ1) is 9.12. The van der Waals surface area contributed by atoms with Gasteiger partial charge in [0, 0.05) is 24.3 Å². The van der Waals surface area contributed by atoms with Gasteiger partial charge >= 0.3 is 6.03 Å². The molecule has 0 aliphatic rings. The van der Waals surface area contributed by atoms with E-state index in [4.69, 9.17) is 5.11 Å². The normalized spacial score (nSPS) is 9.47. The van der Waals surface area contributed by atoms with Crippen molar-refractivity contribution in [2.24, 2.45) is 0 Å². The SMILES string of the molecule is CCN(CC)C(=O)Nc1ccc(C#CCO)c(C)c1. The van der Waals surface area contributed by atoms with Gasteiger partial charge in [-0.3, -0.25) is 0 Å². The van der Waals surface area contributed by atoms with E-state index >= 15 is 0 Å². The second kappa shape index (κ2) is 7.45. The number of hydrogen-bond donors (Lipinski definition) is 2. The maximum atomic E-state index is 11.9. The van der Waals surface area contributed by atoms with Gasteiger partial charge in [0.25, 0.3) is 0 Å². The van der Waals surface area contributed by atoms with E-state index in [2.05, 4.69) is 17.2 Å². The predicted octanol–water partition coefficient (Wildman–Crippen LogP) is 2.21. The lowest BCUT2D eigenvalue weighted by Crippen LogP contribution is -2.34. The van der Waals surface area contributed by atoms with Gasteiger partial charge in [-0.25, -0.2) is 4.79 Å². The summed E-state index contributed by atoms with van der Waals surface area (Å²) in [7, 11) is 0. The second-order valence-corrected chi connectivity index (χ2v) is 4.09. The Morgan fingerprint density at radius 2 is 2.05 bits per heavy atom. The number of aliphatic hydroxyl groups excluding tert-OH is 1. The minimum Gasteiger partial charge on any atom is -0.384 e. The molecule has 102 valence electrons. The fourth-order valence-electron chi connectivity index (χ4n) is 1.73. The average Bonchev–Trinajstić information content (AvgIpc) is 2.39. The number of benzene rings is 1. The summed E-state index contributed by atoms with van der Waals surface area (Å²) in [6.45, 7) is 7.03. The van der Waals surface area contributed by atoms with Crippen LogP contribution in [0.25, 0.3) is 0 Å². The van der Waals surface area contributed by atoms with Crippen LogP contribution in [-0.2, 0) is 0 Å². The summed E-state index contributed by atoms with van der Waals surface area (Å²) >= 11 is 0. The first-order valence-electron chi connectivity index (χ1n) is 6.38. The monoisotopic (exact) mass is 260 g/mol. The summed E-state index contributed by atoms with van der Waals surface area (Å²) in [6, 6.07) is 5.44. The molecule has 4 nitrogen and oxygen atoms in total. The standard InChI is InChI=1S/C15H20N2O2/c1-4-17(5-2)15(19)16-14-9-8-13(7-6-10-18)12(3)11-14/h8-9,11,18H,4-5,10H2,1-3H3,(H,16,19). The smallest absolute Gasteiger partial charge is 0.321 e. The van der Waals surface area contributed by atoms with E-state index in [1.54, 1.807) is 4.90 Å². The third-order valence-electron chi connectivity index (χ3n) is 2.83. The van der Waals surface area contributed by atoms with Gasteiger partial charge in [-0.15, -0.1) is 0 Å². The molecule has 2 amide bonds. The Morgan fingerprint density at radius 1 is 1.37 bits per heavy atom. The number of urea groups is 1. The quantitative estimate of drug-likeness (QED) is 0.819. The first-order valence-corrected chi connectivity index (χ1v) is 6.38. The molecule has 0 spiro atoms. The van der Waals surface area contributed by atoms with Crippen molar-refractivity contribution >= 4 is 11.7 Å². The van der Waals surface area contributed by atoms with Crippen molar-refractivity contribution in [1.82, 2.24) is 4.90 Å². The Bertz CT molecular complexity index is 497. The zero-order valence-electron chi connectivity index (χ0n) is 11.7. The van der Waals surface area contributed by atoms with Crippen molar-refractivity contribution < 1.29 is 9.90 Å². The van der Waals surface area contributed by atoms with Crippen LogP contribution in [0, 0.1) is 18.8 Å². The summed E-state index contributed by atoms with van der Waals surface area (Å²) in [5, 5.41) is 11.5. The van der Waals surface area contributed by atoms with Gasteiger partial charge in [-0.1, -0.05) is 11.8 Å². The third kappa shape index (κ3) is 4.31. The van der Waals surface area contributed by atoms with E-state index in [0.29, 0.717) is 13.1 Å². The van der Waals surface area contributed by atoms with Crippen LogP contribution in [0.1, 0.15) is 25.0 Å². The molecular weight excluding hydrogens is 240 g/mol. The van der Waals surface area contributed by atoms with E-state index in [9.17, 15) is 4.79 Å². The zero-order valence-corrected chi connectivity index (χ0v) is 11.7. The average molecular weight is 260 g/mol. The Labute approximate surface area is 114 Å². The van der Waals surface area contributed by atoms with Gasteiger partial charge in [-0.05, 0) is 44.5 Å². The highest BCUT2D eigenvalue weighted by atomic mass is 16.2. The molecule has 19 heavy (non-hydrogen) atoms. The maximum Gasteiger partial charge on any atom is 0.321 e. The zero-order chi connectivity index (χ0) is 14.3. The lowest BCUT2D eigenvalue weighted by atomic mass is 10.1. The molecule has 0 aromatic heterocycles. The maximum absolute atomic E-state index is 11.9. The summed E-state index contributed by atoms with van der Waals surface area (Å²) in [6.07, 6.45) is 0. The number of aliphatic hydroxyl groups is 1. The van der Waals surface area contributed by atoms with E-state index < -0.39 is 0 Å². The van der Waals surface area contributed by atoms with E-state index in [-0.39, 0.29) is 12.6 Å². The molecule has 0 heterocycles. The Morgan fingerprint density at radius 3 is 2.58 bits per heavy atom. The van der Waals surface area contributed by atoms with Crippen LogP contribution in [-0.4, -0.2) is 35.7 Å². The minimum atomic E-state index is -0.153. The number of hydrogen-bond acceptors (Lipinski definition) is 2. The highest BCUT2D eigenvalue weighted by Gasteiger charge is 2.09. The Kier molecular flexibility index (Phi) is 5.91. The molecule has 0 saturated heterocycles. The number of amides is 2. The summed E-state index contributed by atoms with van der Waals surface area (Å²) in [4.78, 5) is 13.6.